The molecular formula is C18H29FN2. The number of hydrogen-bond acceptors (Lipinski definition) is 2. The van der Waals surface area contributed by atoms with Gasteiger partial charge in [0.05, 0.1) is 0 Å². The summed E-state index contributed by atoms with van der Waals surface area (Å²) in [5.74, 6) is -0.149. The van der Waals surface area contributed by atoms with Crippen LogP contribution in [0.1, 0.15) is 57.6 Å². The van der Waals surface area contributed by atoms with E-state index in [1.807, 2.05) is 12.1 Å². The van der Waals surface area contributed by atoms with Gasteiger partial charge in [0.15, 0.2) is 0 Å². The van der Waals surface area contributed by atoms with E-state index in [0.717, 1.165) is 13.0 Å². The number of benzene rings is 1. The Kier molecular flexibility index (Phi) is 6.65. The molecule has 1 N–H and O–H groups in total. The summed E-state index contributed by atoms with van der Waals surface area (Å²) >= 11 is 0. The van der Waals surface area contributed by atoms with Gasteiger partial charge in [-0.2, -0.15) is 0 Å². The maximum atomic E-state index is 13.1. The van der Waals surface area contributed by atoms with Crippen LogP contribution in [0.4, 0.5) is 4.39 Å². The first kappa shape index (κ1) is 16.4. The van der Waals surface area contributed by atoms with Crippen molar-refractivity contribution in [2.24, 2.45) is 0 Å². The molecule has 1 aliphatic heterocycles. The smallest absolute Gasteiger partial charge is 0.123 e. The van der Waals surface area contributed by atoms with Gasteiger partial charge >= 0.3 is 0 Å². The van der Waals surface area contributed by atoms with E-state index in [4.69, 9.17) is 0 Å². The lowest BCUT2D eigenvalue weighted by Crippen LogP contribution is -2.43. The summed E-state index contributed by atoms with van der Waals surface area (Å²) < 4.78 is 13.1. The van der Waals surface area contributed by atoms with Crippen LogP contribution in [0.3, 0.4) is 0 Å². The number of rotatable bonds is 7. The predicted molar refractivity (Wildman–Crippen MR) is 86.9 cm³/mol. The SMILES string of the molecule is CCCCC(NC1CCN(CC)CC1)c1ccc(F)cc1. The van der Waals surface area contributed by atoms with Crippen molar-refractivity contribution in [3.63, 3.8) is 0 Å². The second-order valence-electron chi connectivity index (χ2n) is 6.12. The third-order valence-corrected chi connectivity index (χ3v) is 4.59. The monoisotopic (exact) mass is 292 g/mol. The number of nitrogens with zero attached hydrogens (tertiary/aromatic N) is 1. The van der Waals surface area contributed by atoms with Crippen LogP contribution in [0.2, 0.25) is 0 Å². The van der Waals surface area contributed by atoms with E-state index < -0.39 is 0 Å². The maximum absolute atomic E-state index is 13.1. The highest BCUT2D eigenvalue weighted by atomic mass is 19.1. The summed E-state index contributed by atoms with van der Waals surface area (Å²) in [5, 5.41) is 3.82. The van der Waals surface area contributed by atoms with Crippen LogP contribution in [-0.2, 0) is 0 Å². The minimum absolute atomic E-state index is 0.149. The molecule has 1 aliphatic rings. The number of likely N-dealkylation sites (tertiary alicyclic amines) is 1. The molecule has 2 nitrogen and oxygen atoms in total. The summed E-state index contributed by atoms with van der Waals surface area (Å²) in [5.41, 5.74) is 1.22. The molecule has 0 radical (unpaired) electrons. The number of piperidine rings is 1. The fraction of sp³-hybridized carbons (Fsp3) is 0.667. The summed E-state index contributed by atoms with van der Waals surface area (Å²) in [6.07, 6.45) is 5.99. The molecular weight excluding hydrogens is 263 g/mol. The van der Waals surface area contributed by atoms with Gasteiger partial charge in [-0.1, -0.05) is 38.8 Å². The molecule has 2 rings (SSSR count). The fourth-order valence-electron chi connectivity index (χ4n) is 3.15. The molecule has 1 atom stereocenters. The zero-order valence-corrected chi connectivity index (χ0v) is 13.4. The normalized spacial score (nSPS) is 18.8. The van der Waals surface area contributed by atoms with Crippen molar-refractivity contribution in [3.8, 4) is 0 Å². The van der Waals surface area contributed by atoms with Gasteiger partial charge in [0.1, 0.15) is 5.82 Å². The van der Waals surface area contributed by atoms with E-state index >= 15 is 0 Å². The Labute approximate surface area is 128 Å². The first-order chi connectivity index (χ1) is 10.2. The summed E-state index contributed by atoms with van der Waals surface area (Å²) in [6.45, 7) is 8.00. The van der Waals surface area contributed by atoms with Gasteiger partial charge in [0.25, 0.3) is 0 Å². The predicted octanol–water partition coefficient (Wildman–Crippen LogP) is 4.13. The standard InChI is InChI=1S/C18H29FN2/c1-3-5-6-18(15-7-9-16(19)10-8-15)20-17-11-13-21(4-2)14-12-17/h7-10,17-18,20H,3-6,11-14H2,1-2H3. The van der Waals surface area contributed by atoms with Crippen molar-refractivity contribution in [1.82, 2.24) is 10.2 Å². The van der Waals surface area contributed by atoms with E-state index in [9.17, 15) is 4.39 Å². The summed E-state index contributed by atoms with van der Waals surface area (Å²) in [4.78, 5) is 2.51. The van der Waals surface area contributed by atoms with Gasteiger partial charge in [0, 0.05) is 12.1 Å². The van der Waals surface area contributed by atoms with Gasteiger partial charge < -0.3 is 10.2 Å². The Balaban J connectivity index is 1.95. The lowest BCUT2D eigenvalue weighted by atomic mass is 9.97. The maximum Gasteiger partial charge on any atom is 0.123 e. The molecule has 1 heterocycles. The Morgan fingerprint density at radius 2 is 1.86 bits per heavy atom. The lowest BCUT2D eigenvalue weighted by molar-refractivity contribution is 0.197. The molecule has 118 valence electrons. The highest BCUT2D eigenvalue weighted by Gasteiger charge is 2.21. The summed E-state index contributed by atoms with van der Waals surface area (Å²) in [7, 11) is 0. The fourth-order valence-corrected chi connectivity index (χ4v) is 3.15. The molecule has 0 spiro atoms. The minimum atomic E-state index is -0.149. The van der Waals surface area contributed by atoms with Crippen LogP contribution in [0, 0.1) is 5.82 Å². The molecule has 0 aliphatic carbocycles. The molecule has 1 saturated heterocycles. The van der Waals surface area contributed by atoms with Crippen LogP contribution in [-0.4, -0.2) is 30.6 Å². The molecule has 0 saturated carbocycles. The number of hydrogen-bond donors (Lipinski definition) is 1. The highest BCUT2D eigenvalue weighted by Crippen LogP contribution is 2.23. The largest absolute Gasteiger partial charge is 0.307 e. The van der Waals surface area contributed by atoms with Gasteiger partial charge in [-0.05, 0) is 56.6 Å². The molecule has 0 amide bonds. The van der Waals surface area contributed by atoms with Crippen molar-refractivity contribution >= 4 is 0 Å². The van der Waals surface area contributed by atoms with Crippen molar-refractivity contribution in [1.29, 1.82) is 0 Å². The number of nitrogens with one attached hydrogen (secondary N) is 1. The average molecular weight is 292 g/mol. The Morgan fingerprint density at radius 3 is 2.43 bits per heavy atom. The zero-order valence-electron chi connectivity index (χ0n) is 13.4. The number of halogens is 1. The summed E-state index contributed by atoms with van der Waals surface area (Å²) in [6, 6.07) is 7.99. The van der Waals surface area contributed by atoms with Gasteiger partial charge in [-0.15, -0.1) is 0 Å². The Bertz CT molecular complexity index is 396. The van der Waals surface area contributed by atoms with E-state index in [1.54, 1.807) is 12.1 Å². The van der Waals surface area contributed by atoms with Gasteiger partial charge in [-0.3, -0.25) is 0 Å². The van der Waals surface area contributed by atoms with Crippen LogP contribution in [0.5, 0.6) is 0 Å². The topological polar surface area (TPSA) is 15.3 Å². The number of unbranched alkanes of at least 4 members (excludes halogenated alkanes) is 1. The van der Waals surface area contributed by atoms with E-state index in [2.05, 4.69) is 24.1 Å². The molecule has 21 heavy (non-hydrogen) atoms. The second kappa shape index (κ2) is 8.50. The Hall–Kier alpha value is -0.930. The molecule has 1 aromatic carbocycles. The third-order valence-electron chi connectivity index (χ3n) is 4.59. The van der Waals surface area contributed by atoms with Crippen LogP contribution < -0.4 is 5.32 Å². The molecule has 3 heteroatoms. The van der Waals surface area contributed by atoms with Crippen molar-refractivity contribution in [3.05, 3.63) is 35.6 Å². The molecule has 0 bridgehead atoms. The average Bonchev–Trinajstić information content (AvgIpc) is 2.53. The van der Waals surface area contributed by atoms with Gasteiger partial charge in [-0.25, -0.2) is 4.39 Å². The van der Waals surface area contributed by atoms with Crippen molar-refractivity contribution < 1.29 is 4.39 Å². The zero-order chi connectivity index (χ0) is 15.1. The lowest BCUT2D eigenvalue weighted by Gasteiger charge is -2.34. The Morgan fingerprint density at radius 1 is 1.19 bits per heavy atom. The van der Waals surface area contributed by atoms with Crippen molar-refractivity contribution in [2.75, 3.05) is 19.6 Å². The highest BCUT2D eigenvalue weighted by molar-refractivity contribution is 5.20. The molecule has 1 aromatic rings. The van der Waals surface area contributed by atoms with Gasteiger partial charge in [0.2, 0.25) is 0 Å². The van der Waals surface area contributed by atoms with E-state index in [1.165, 1.54) is 44.3 Å². The van der Waals surface area contributed by atoms with Crippen LogP contribution in [0.25, 0.3) is 0 Å². The first-order valence-corrected chi connectivity index (χ1v) is 8.46. The molecule has 0 aromatic heterocycles. The van der Waals surface area contributed by atoms with E-state index in [-0.39, 0.29) is 5.82 Å². The molecule has 1 fully saturated rings. The van der Waals surface area contributed by atoms with E-state index in [0.29, 0.717) is 12.1 Å². The quantitative estimate of drug-likeness (QED) is 0.813. The van der Waals surface area contributed by atoms with Crippen LogP contribution in [0.15, 0.2) is 24.3 Å². The first-order valence-electron chi connectivity index (χ1n) is 8.46. The third kappa shape index (κ3) is 5.08. The van der Waals surface area contributed by atoms with Crippen molar-refractivity contribution in [2.45, 2.75) is 58.0 Å². The minimum Gasteiger partial charge on any atom is -0.307 e. The molecule has 1 unspecified atom stereocenters. The van der Waals surface area contributed by atoms with Crippen LogP contribution >= 0.6 is 0 Å². The second-order valence-corrected chi connectivity index (χ2v) is 6.12.